The number of alkyl halides is 1. The second-order valence-electron chi connectivity index (χ2n) is 4.32. The van der Waals surface area contributed by atoms with Crippen LogP contribution in [0.5, 0.6) is 0 Å². The summed E-state index contributed by atoms with van der Waals surface area (Å²) in [6.07, 6.45) is -0.322. The van der Waals surface area contributed by atoms with Gasteiger partial charge < -0.3 is 15.6 Å². The Morgan fingerprint density at radius 3 is 3.06 bits per heavy atom. The second-order valence-corrected chi connectivity index (χ2v) is 4.32. The van der Waals surface area contributed by atoms with Gasteiger partial charge >= 0.3 is 5.69 Å². The van der Waals surface area contributed by atoms with Crippen LogP contribution in [0.3, 0.4) is 0 Å². The van der Waals surface area contributed by atoms with Crippen molar-refractivity contribution in [3.8, 4) is 0 Å². The minimum absolute atomic E-state index is 0.0327. The second kappa shape index (κ2) is 4.08. The van der Waals surface area contributed by atoms with Crippen LogP contribution in [0.4, 0.5) is 10.2 Å². The summed E-state index contributed by atoms with van der Waals surface area (Å²) in [7, 11) is 0. The van der Waals surface area contributed by atoms with Crippen LogP contribution in [0.15, 0.2) is 17.1 Å². The smallest absolute Gasteiger partial charge is 0.351 e. The molecule has 3 N–H and O–H groups in total. The number of aliphatic hydroxyl groups excluding tert-OH is 1. The third-order valence-corrected chi connectivity index (χ3v) is 2.77. The highest BCUT2D eigenvalue weighted by molar-refractivity contribution is 5.23. The third-order valence-electron chi connectivity index (χ3n) is 2.77. The van der Waals surface area contributed by atoms with E-state index in [9.17, 15) is 9.18 Å². The number of aromatic nitrogens is 2. The van der Waals surface area contributed by atoms with Gasteiger partial charge in [0, 0.05) is 12.6 Å². The Morgan fingerprint density at radius 2 is 2.53 bits per heavy atom. The summed E-state index contributed by atoms with van der Waals surface area (Å²) >= 11 is 0. The Hall–Kier alpha value is -1.47. The first-order valence-corrected chi connectivity index (χ1v) is 5.24. The predicted octanol–water partition coefficient (Wildman–Crippen LogP) is -0.166. The standard InChI is InChI=1S/C10H14FN3O3/c1-10(11)4-6(5-15)17-8(10)14-3-2-7(12)13-9(14)16/h2-3,6,8,15H,4-5H2,1H3,(H2,12,13,16). The summed E-state index contributed by atoms with van der Waals surface area (Å²) in [5.41, 5.74) is 2.95. The van der Waals surface area contributed by atoms with E-state index in [4.69, 9.17) is 15.6 Å². The van der Waals surface area contributed by atoms with Gasteiger partial charge in [-0.25, -0.2) is 9.18 Å². The molecule has 0 spiro atoms. The van der Waals surface area contributed by atoms with E-state index < -0.39 is 23.7 Å². The maximum absolute atomic E-state index is 14.2. The van der Waals surface area contributed by atoms with Crippen LogP contribution in [0, 0.1) is 0 Å². The minimum atomic E-state index is -1.73. The van der Waals surface area contributed by atoms with Gasteiger partial charge in [-0.1, -0.05) is 0 Å². The van der Waals surface area contributed by atoms with Gasteiger partial charge in [-0.2, -0.15) is 4.98 Å². The summed E-state index contributed by atoms with van der Waals surface area (Å²) < 4.78 is 20.6. The molecule has 3 unspecified atom stereocenters. The van der Waals surface area contributed by atoms with Crippen molar-refractivity contribution in [2.45, 2.75) is 31.3 Å². The Bertz CT molecular complexity index is 474. The number of nitrogen functional groups attached to an aromatic ring is 1. The molecule has 0 amide bonds. The summed E-state index contributed by atoms with van der Waals surface area (Å²) in [6, 6.07) is 1.40. The highest BCUT2D eigenvalue weighted by Crippen LogP contribution is 2.39. The lowest BCUT2D eigenvalue weighted by molar-refractivity contribution is -0.0609. The lowest BCUT2D eigenvalue weighted by Gasteiger charge is -2.22. The van der Waals surface area contributed by atoms with Gasteiger partial charge in [-0.15, -0.1) is 0 Å². The van der Waals surface area contributed by atoms with E-state index in [1.54, 1.807) is 0 Å². The molecule has 1 aromatic heterocycles. The van der Waals surface area contributed by atoms with Crippen LogP contribution < -0.4 is 11.4 Å². The Balaban J connectivity index is 2.37. The number of halogens is 1. The van der Waals surface area contributed by atoms with Gasteiger partial charge in [0.05, 0.1) is 12.7 Å². The van der Waals surface area contributed by atoms with E-state index in [2.05, 4.69) is 4.98 Å². The fourth-order valence-corrected chi connectivity index (χ4v) is 1.99. The highest BCUT2D eigenvalue weighted by atomic mass is 19.1. The molecule has 0 saturated carbocycles. The van der Waals surface area contributed by atoms with E-state index in [1.165, 1.54) is 19.2 Å². The molecular weight excluding hydrogens is 229 g/mol. The number of aliphatic hydroxyl groups is 1. The van der Waals surface area contributed by atoms with Crippen molar-refractivity contribution in [3.05, 3.63) is 22.7 Å². The van der Waals surface area contributed by atoms with Crippen molar-refractivity contribution in [3.63, 3.8) is 0 Å². The fourth-order valence-electron chi connectivity index (χ4n) is 1.99. The average molecular weight is 243 g/mol. The van der Waals surface area contributed by atoms with Crippen LogP contribution in [-0.4, -0.2) is 33.0 Å². The van der Waals surface area contributed by atoms with Crippen molar-refractivity contribution in [1.29, 1.82) is 0 Å². The number of nitrogens with zero attached hydrogens (tertiary/aromatic N) is 2. The van der Waals surface area contributed by atoms with Gasteiger partial charge in [0.25, 0.3) is 0 Å². The van der Waals surface area contributed by atoms with E-state index >= 15 is 0 Å². The number of hydrogen-bond acceptors (Lipinski definition) is 5. The van der Waals surface area contributed by atoms with E-state index in [0.717, 1.165) is 4.57 Å². The summed E-state index contributed by atoms with van der Waals surface area (Å²) in [5.74, 6) is 0.0727. The van der Waals surface area contributed by atoms with E-state index in [1.807, 2.05) is 0 Å². The molecule has 3 atom stereocenters. The van der Waals surface area contributed by atoms with Gasteiger partial charge in [0.1, 0.15) is 5.82 Å². The summed E-state index contributed by atoms with van der Waals surface area (Å²) in [6.45, 7) is 1.04. The molecule has 0 radical (unpaired) electrons. The van der Waals surface area contributed by atoms with Crippen LogP contribution >= 0.6 is 0 Å². The zero-order valence-corrected chi connectivity index (χ0v) is 9.34. The normalized spacial score (nSPS) is 32.9. The Morgan fingerprint density at radius 1 is 1.82 bits per heavy atom. The molecule has 1 saturated heterocycles. The van der Waals surface area contributed by atoms with Gasteiger partial charge in [-0.05, 0) is 13.0 Å². The fraction of sp³-hybridized carbons (Fsp3) is 0.600. The molecule has 0 bridgehead atoms. The molecule has 2 heterocycles. The first kappa shape index (κ1) is 12.0. The number of rotatable bonds is 2. The van der Waals surface area contributed by atoms with Crippen molar-refractivity contribution >= 4 is 5.82 Å². The molecule has 0 aliphatic carbocycles. The molecule has 6 nitrogen and oxygen atoms in total. The quantitative estimate of drug-likeness (QED) is 0.752. The maximum atomic E-state index is 14.2. The van der Waals surface area contributed by atoms with Crippen molar-refractivity contribution < 1.29 is 14.2 Å². The van der Waals surface area contributed by atoms with E-state index in [-0.39, 0.29) is 18.8 Å². The zero-order valence-electron chi connectivity index (χ0n) is 9.34. The highest BCUT2D eigenvalue weighted by Gasteiger charge is 2.47. The Labute approximate surface area is 96.8 Å². The van der Waals surface area contributed by atoms with Crippen LogP contribution in [0.25, 0.3) is 0 Å². The van der Waals surface area contributed by atoms with Crippen LogP contribution in [0.2, 0.25) is 0 Å². The summed E-state index contributed by atoms with van der Waals surface area (Å²) in [4.78, 5) is 15.1. The van der Waals surface area contributed by atoms with Crippen molar-refractivity contribution in [2.24, 2.45) is 0 Å². The molecule has 1 aliphatic heterocycles. The predicted molar refractivity (Wildman–Crippen MR) is 58.0 cm³/mol. The van der Waals surface area contributed by atoms with Crippen molar-refractivity contribution in [2.75, 3.05) is 12.3 Å². The van der Waals surface area contributed by atoms with Gasteiger partial charge in [-0.3, -0.25) is 4.57 Å². The monoisotopic (exact) mass is 243 g/mol. The first-order valence-electron chi connectivity index (χ1n) is 5.24. The molecule has 1 fully saturated rings. The number of hydrogen-bond donors (Lipinski definition) is 2. The van der Waals surface area contributed by atoms with E-state index in [0.29, 0.717) is 0 Å². The molecule has 0 aromatic carbocycles. The number of ether oxygens (including phenoxy) is 1. The maximum Gasteiger partial charge on any atom is 0.351 e. The number of nitrogens with two attached hydrogens (primary N) is 1. The first-order chi connectivity index (χ1) is 7.94. The Kier molecular flexibility index (Phi) is 2.88. The SMILES string of the molecule is CC1(F)CC(CO)OC1n1ccc(N)nc1=O. The van der Waals surface area contributed by atoms with Crippen molar-refractivity contribution in [1.82, 2.24) is 9.55 Å². The third kappa shape index (κ3) is 2.16. The minimum Gasteiger partial charge on any atom is -0.394 e. The lowest BCUT2D eigenvalue weighted by Crippen LogP contribution is -2.35. The largest absolute Gasteiger partial charge is 0.394 e. The average Bonchev–Trinajstić information content (AvgIpc) is 2.54. The molecule has 7 heteroatoms. The zero-order chi connectivity index (χ0) is 12.6. The molecule has 17 heavy (non-hydrogen) atoms. The van der Waals surface area contributed by atoms with Crippen LogP contribution in [-0.2, 0) is 4.74 Å². The topological polar surface area (TPSA) is 90.4 Å². The molecule has 94 valence electrons. The molecular formula is C10H14FN3O3. The van der Waals surface area contributed by atoms with Gasteiger partial charge in [0.2, 0.25) is 0 Å². The summed E-state index contributed by atoms with van der Waals surface area (Å²) in [5, 5.41) is 8.96. The van der Waals surface area contributed by atoms with Gasteiger partial charge in [0.15, 0.2) is 11.9 Å². The number of anilines is 1. The lowest BCUT2D eigenvalue weighted by atomic mass is 10.0. The van der Waals surface area contributed by atoms with Crippen LogP contribution in [0.1, 0.15) is 19.6 Å². The molecule has 1 aromatic rings. The molecule has 1 aliphatic rings. The molecule has 2 rings (SSSR count).